The summed E-state index contributed by atoms with van der Waals surface area (Å²) >= 11 is 1.98. The number of likely N-dealkylation sites (tertiary alicyclic amines) is 1. The summed E-state index contributed by atoms with van der Waals surface area (Å²) in [6, 6.07) is 5.87. The van der Waals surface area contributed by atoms with Crippen molar-refractivity contribution in [3.05, 3.63) is 23.8 Å². The van der Waals surface area contributed by atoms with Gasteiger partial charge in [-0.25, -0.2) is 0 Å². The number of hydrogen-bond donors (Lipinski definition) is 0. The SMILES string of the molecule is CCOc1ccc(C(=O)N2CCCSCC2CN2CCCC2)cc1OCC. The molecule has 0 bridgehead atoms. The molecule has 2 fully saturated rings. The highest BCUT2D eigenvalue weighted by Crippen LogP contribution is 2.30. The van der Waals surface area contributed by atoms with Gasteiger partial charge in [0.1, 0.15) is 0 Å². The Labute approximate surface area is 167 Å². The third kappa shape index (κ3) is 5.32. The van der Waals surface area contributed by atoms with Crippen molar-refractivity contribution < 1.29 is 14.3 Å². The van der Waals surface area contributed by atoms with Crippen LogP contribution in [-0.4, -0.2) is 72.6 Å². The minimum Gasteiger partial charge on any atom is -0.490 e. The average Bonchev–Trinajstić information content (AvgIpc) is 3.07. The summed E-state index contributed by atoms with van der Waals surface area (Å²) in [6.07, 6.45) is 3.62. The summed E-state index contributed by atoms with van der Waals surface area (Å²) < 4.78 is 11.4. The standard InChI is InChI=1S/C21H32N2O3S/c1-3-25-19-9-8-17(14-20(19)26-4-2)21(24)23-12-7-13-27-16-18(23)15-22-10-5-6-11-22/h8-9,14,18H,3-7,10-13,15-16H2,1-2H3. The number of hydrogen-bond acceptors (Lipinski definition) is 5. The lowest BCUT2D eigenvalue weighted by Gasteiger charge is -2.33. The van der Waals surface area contributed by atoms with E-state index in [4.69, 9.17) is 9.47 Å². The molecule has 1 aromatic carbocycles. The number of amides is 1. The topological polar surface area (TPSA) is 42.0 Å². The molecule has 2 heterocycles. The molecule has 3 rings (SSSR count). The van der Waals surface area contributed by atoms with Crippen molar-refractivity contribution in [1.82, 2.24) is 9.80 Å². The first-order valence-corrected chi connectivity index (χ1v) is 11.4. The summed E-state index contributed by atoms with van der Waals surface area (Å²) in [7, 11) is 0. The minimum atomic E-state index is 0.116. The van der Waals surface area contributed by atoms with Gasteiger partial charge in [-0.05, 0) is 70.2 Å². The summed E-state index contributed by atoms with van der Waals surface area (Å²) in [5.74, 6) is 3.64. The number of nitrogens with zero attached hydrogens (tertiary/aromatic N) is 2. The average molecular weight is 393 g/mol. The van der Waals surface area contributed by atoms with E-state index in [1.54, 1.807) is 0 Å². The Bertz CT molecular complexity index is 619. The van der Waals surface area contributed by atoms with Crippen LogP contribution in [0, 0.1) is 0 Å². The van der Waals surface area contributed by atoms with Gasteiger partial charge < -0.3 is 19.3 Å². The van der Waals surface area contributed by atoms with Gasteiger partial charge in [-0.15, -0.1) is 0 Å². The van der Waals surface area contributed by atoms with Crippen LogP contribution in [0.5, 0.6) is 11.5 Å². The largest absolute Gasteiger partial charge is 0.490 e. The Balaban J connectivity index is 1.78. The number of carbonyl (C=O) groups excluding carboxylic acids is 1. The van der Waals surface area contributed by atoms with Gasteiger partial charge in [-0.2, -0.15) is 11.8 Å². The summed E-state index contributed by atoms with van der Waals surface area (Å²) in [5, 5.41) is 0. The first-order valence-electron chi connectivity index (χ1n) is 10.2. The zero-order chi connectivity index (χ0) is 19.1. The molecular formula is C21H32N2O3S. The maximum absolute atomic E-state index is 13.4. The van der Waals surface area contributed by atoms with E-state index in [0.29, 0.717) is 30.3 Å². The second-order valence-corrected chi connectivity index (χ2v) is 8.27. The molecular weight excluding hydrogens is 360 g/mol. The van der Waals surface area contributed by atoms with E-state index in [9.17, 15) is 4.79 Å². The van der Waals surface area contributed by atoms with E-state index in [1.165, 1.54) is 25.9 Å². The number of carbonyl (C=O) groups is 1. The number of thioether (sulfide) groups is 1. The maximum Gasteiger partial charge on any atom is 0.254 e. The summed E-state index contributed by atoms with van der Waals surface area (Å²) in [4.78, 5) is 18.0. The molecule has 0 radical (unpaired) electrons. The van der Waals surface area contributed by atoms with Crippen molar-refractivity contribution in [1.29, 1.82) is 0 Å². The van der Waals surface area contributed by atoms with Crippen LogP contribution >= 0.6 is 11.8 Å². The molecule has 2 aliphatic rings. The smallest absolute Gasteiger partial charge is 0.254 e. The third-order valence-electron chi connectivity index (χ3n) is 5.16. The van der Waals surface area contributed by atoms with Crippen LogP contribution < -0.4 is 9.47 Å². The van der Waals surface area contributed by atoms with E-state index < -0.39 is 0 Å². The number of ether oxygens (including phenoxy) is 2. The van der Waals surface area contributed by atoms with Crippen LogP contribution in [0.4, 0.5) is 0 Å². The lowest BCUT2D eigenvalue weighted by Crippen LogP contribution is -2.47. The van der Waals surface area contributed by atoms with Gasteiger partial charge in [0.25, 0.3) is 5.91 Å². The predicted molar refractivity (Wildman–Crippen MR) is 111 cm³/mol. The van der Waals surface area contributed by atoms with E-state index in [0.717, 1.165) is 31.0 Å². The highest BCUT2D eigenvalue weighted by atomic mass is 32.2. The minimum absolute atomic E-state index is 0.116. The van der Waals surface area contributed by atoms with Crippen molar-refractivity contribution in [3.8, 4) is 11.5 Å². The molecule has 0 aromatic heterocycles. The third-order valence-corrected chi connectivity index (χ3v) is 6.36. The Hall–Kier alpha value is -1.40. The van der Waals surface area contributed by atoms with E-state index in [-0.39, 0.29) is 11.9 Å². The predicted octanol–water partition coefficient (Wildman–Crippen LogP) is 3.53. The quantitative estimate of drug-likeness (QED) is 0.710. The van der Waals surface area contributed by atoms with Crippen LogP contribution in [0.15, 0.2) is 18.2 Å². The molecule has 0 N–H and O–H groups in total. The first-order chi connectivity index (χ1) is 13.2. The number of benzene rings is 1. The van der Waals surface area contributed by atoms with Gasteiger partial charge in [0.05, 0.1) is 19.3 Å². The zero-order valence-corrected chi connectivity index (χ0v) is 17.4. The van der Waals surface area contributed by atoms with Gasteiger partial charge in [-0.3, -0.25) is 4.79 Å². The van der Waals surface area contributed by atoms with Gasteiger partial charge in [0, 0.05) is 24.4 Å². The van der Waals surface area contributed by atoms with Crippen molar-refractivity contribution >= 4 is 17.7 Å². The molecule has 27 heavy (non-hydrogen) atoms. The Morgan fingerprint density at radius 3 is 2.56 bits per heavy atom. The van der Waals surface area contributed by atoms with Crippen molar-refractivity contribution in [3.63, 3.8) is 0 Å². The van der Waals surface area contributed by atoms with Crippen molar-refractivity contribution in [2.24, 2.45) is 0 Å². The van der Waals surface area contributed by atoms with Crippen LogP contribution in [0.1, 0.15) is 43.5 Å². The summed E-state index contributed by atoms with van der Waals surface area (Å²) in [6.45, 7) is 9.19. The molecule has 1 amide bonds. The normalized spacial score (nSPS) is 21.1. The van der Waals surface area contributed by atoms with Gasteiger partial charge in [0.15, 0.2) is 11.5 Å². The molecule has 2 saturated heterocycles. The molecule has 1 atom stereocenters. The van der Waals surface area contributed by atoms with Crippen LogP contribution in [0.25, 0.3) is 0 Å². The Kier molecular flexibility index (Phi) is 7.70. The first kappa shape index (κ1) is 20.3. The fourth-order valence-electron chi connectivity index (χ4n) is 3.86. The lowest BCUT2D eigenvalue weighted by atomic mass is 10.1. The Morgan fingerprint density at radius 1 is 1.07 bits per heavy atom. The molecule has 5 nitrogen and oxygen atoms in total. The fourth-order valence-corrected chi connectivity index (χ4v) is 4.92. The maximum atomic E-state index is 13.4. The number of rotatable bonds is 7. The summed E-state index contributed by atoms with van der Waals surface area (Å²) in [5.41, 5.74) is 0.695. The van der Waals surface area contributed by atoms with Crippen LogP contribution in [0.2, 0.25) is 0 Å². The highest BCUT2D eigenvalue weighted by Gasteiger charge is 2.29. The van der Waals surface area contributed by atoms with Gasteiger partial charge >= 0.3 is 0 Å². The highest BCUT2D eigenvalue weighted by molar-refractivity contribution is 7.99. The monoisotopic (exact) mass is 392 g/mol. The molecule has 1 aromatic rings. The van der Waals surface area contributed by atoms with E-state index in [2.05, 4.69) is 9.80 Å². The molecule has 6 heteroatoms. The molecule has 0 spiro atoms. The molecule has 1 unspecified atom stereocenters. The molecule has 150 valence electrons. The Morgan fingerprint density at radius 2 is 1.81 bits per heavy atom. The second-order valence-electron chi connectivity index (χ2n) is 7.12. The molecule has 2 aliphatic heterocycles. The molecule has 0 aliphatic carbocycles. The zero-order valence-electron chi connectivity index (χ0n) is 16.6. The fraction of sp³-hybridized carbons (Fsp3) is 0.667. The van der Waals surface area contributed by atoms with Crippen molar-refractivity contribution in [2.45, 2.75) is 39.2 Å². The van der Waals surface area contributed by atoms with E-state index in [1.807, 2.05) is 43.8 Å². The van der Waals surface area contributed by atoms with Gasteiger partial charge in [0.2, 0.25) is 0 Å². The lowest BCUT2D eigenvalue weighted by molar-refractivity contribution is 0.0666. The van der Waals surface area contributed by atoms with E-state index >= 15 is 0 Å². The van der Waals surface area contributed by atoms with Crippen LogP contribution in [0.3, 0.4) is 0 Å². The van der Waals surface area contributed by atoms with Crippen molar-refractivity contribution in [2.75, 3.05) is 50.9 Å². The second kappa shape index (κ2) is 10.2. The van der Waals surface area contributed by atoms with Gasteiger partial charge in [-0.1, -0.05) is 0 Å². The van der Waals surface area contributed by atoms with Crippen LogP contribution in [-0.2, 0) is 0 Å². The molecule has 0 saturated carbocycles.